The second kappa shape index (κ2) is 4.65. The molecule has 0 fully saturated rings. The SMILES string of the molecule is Cn1cc(CNc2cccc3c(O)cccc23)cn1. The molecule has 0 aliphatic carbocycles. The molecule has 0 radical (unpaired) electrons. The summed E-state index contributed by atoms with van der Waals surface area (Å²) in [5.74, 6) is 0.308. The first-order valence-electron chi connectivity index (χ1n) is 6.16. The van der Waals surface area contributed by atoms with Crippen LogP contribution in [0.3, 0.4) is 0 Å². The molecule has 1 heterocycles. The summed E-state index contributed by atoms with van der Waals surface area (Å²) in [6.07, 6.45) is 3.82. The van der Waals surface area contributed by atoms with Gasteiger partial charge in [-0.25, -0.2) is 0 Å². The molecule has 0 saturated carbocycles. The largest absolute Gasteiger partial charge is 0.507 e. The van der Waals surface area contributed by atoms with E-state index in [1.165, 1.54) is 0 Å². The molecule has 96 valence electrons. The highest BCUT2D eigenvalue weighted by Crippen LogP contribution is 2.29. The molecule has 3 aromatic rings. The van der Waals surface area contributed by atoms with Crippen molar-refractivity contribution in [1.29, 1.82) is 0 Å². The average Bonchev–Trinajstić information content (AvgIpc) is 2.83. The fraction of sp³-hybridized carbons (Fsp3) is 0.133. The number of hydrogen-bond acceptors (Lipinski definition) is 3. The van der Waals surface area contributed by atoms with Crippen molar-refractivity contribution in [3.63, 3.8) is 0 Å². The molecule has 0 atom stereocenters. The van der Waals surface area contributed by atoms with Crippen LogP contribution in [-0.4, -0.2) is 14.9 Å². The maximum atomic E-state index is 9.84. The Bertz CT molecular complexity index is 718. The molecular formula is C15H15N3O. The third-order valence-corrected chi connectivity index (χ3v) is 3.14. The minimum atomic E-state index is 0.308. The van der Waals surface area contributed by atoms with E-state index in [-0.39, 0.29) is 0 Å². The Morgan fingerprint density at radius 2 is 1.95 bits per heavy atom. The van der Waals surface area contributed by atoms with E-state index in [4.69, 9.17) is 0 Å². The van der Waals surface area contributed by atoms with E-state index in [0.717, 1.165) is 22.0 Å². The summed E-state index contributed by atoms with van der Waals surface area (Å²) < 4.78 is 1.78. The number of hydrogen-bond donors (Lipinski definition) is 2. The lowest BCUT2D eigenvalue weighted by molar-refractivity contribution is 0.481. The number of benzene rings is 2. The summed E-state index contributed by atoms with van der Waals surface area (Å²) in [7, 11) is 1.90. The second-order valence-corrected chi connectivity index (χ2v) is 4.55. The van der Waals surface area contributed by atoms with E-state index in [2.05, 4.69) is 10.4 Å². The van der Waals surface area contributed by atoms with Crippen molar-refractivity contribution >= 4 is 16.5 Å². The van der Waals surface area contributed by atoms with Crippen molar-refractivity contribution in [2.75, 3.05) is 5.32 Å². The second-order valence-electron chi connectivity index (χ2n) is 4.55. The Morgan fingerprint density at radius 3 is 2.74 bits per heavy atom. The average molecular weight is 253 g/mol. The number of aromatic nitrogens is 2. The molecule has 0 spiro atoms. The zero-order valence-corrected chi connectivity index (χ0v) is 10.7. The fourth-order valence-corrected chi connectivity index (χ4v) is 2.21. The van der Waals surface area contributed by atoms with Crippen LogP contribution >= 0.6 is 0 Å². The highest BCUT2D eigenvalue weighted by Gasteiger charge is 2.04. The highest BCUT2D eigenvalue weighted by molar-refractivity contribution is 5.97. The van der Waals surface area contributed by atoms with E-state index in [0.29, 0.717) is 12.3 Å². The van der Waals surface area contributed by atoms with Gasteiger partial charge in [0.2, 0.25) is 0 Å². The predicted octanol–water partition coefficient (Wildman–Crippen LogP) is 2.89. The van der Waals surface area contributed by atoms with Gasteiger partial charge in [0.05, 0.1) is 6.20 Å². The summed E-state index contributed by atoms with van der Waals surface area (Å²) in [5.41, 5.74) is 2.14. The van der Waals surface area contributed by atoms with Crippen molar-refractivity contribution in [2.24, 2.45) is 7.05 Å². The molecule has 4 nitrogen and oxygen atoms in total. The number of phenolic OH excluding ortho intramolecular Hbond substituents is 1. The zero-order valence-electron chi connectivity index (χ0n) is 10.7. The maximum Gasteiger partial charge on any atom is 0.123 e. The van der Waals surface area contributed by atoms with Crippen molar-refractivity contribution in [3.8, 4) is 5.75 Å². The van der Waals surface area contributed by atoms with Crippen LogP contribution in [0.2, 0.25) is 0 Å². The van der Waals surface area contributed by atoms with E-state index in [1.807, 2.05) is 49.8 Å². The van der Waals surface area contributed by atoms with Gasteiger partial charge in [0.25, 0.3) is 0 Å². The van der Waals surface area contributed by atoms with Crippen LogP contribution in [0, 0.1) is 0 Å². The molecule has 4 heteroatoms. The van der Waals surface area contributed by atoms with Crippen LogP contribution in [0.5, 0.6) is 5.75 Å². The first kappa shape index (κ1) is 11.6. The lowest BCUT2D eigenvalue weighted by Crippen LogP contribution is -1.99. The summed E-state index contributed by atoms with van der Waals surface area (Å²) in [6.45, 7) is 0.711. The van der Waals surface area contributed by atoms with Crippen LogP contribution < -0.4 is 5.32 Å². The maximum absolute atomic E-state index is 9.84. The number of fused-ring (bicyclic) bond motifs is 1. The smallest absolute Gasteiger partial charge is 0.123 e. The molecule has 0 aliphatic rings. The van der Waals surface area contributed by atoms with Gasteiger partial charge in [0, 0.05) is 41.8 Å². The van der Waals surface area contributed by atoms with Gasteiger partial charge >= 0.3 is 0 Å². The van der Waals surface area contributed by atoms with Crippen molar-refractivity contribution in [1.82, 2.24) is 9.78 Å². The monoisotopic (exact) mass is 253 g/mol. The van der Waals surface area contributed by atoms with Gasteiger partial charge in [-0.05, 0) is 12.1 Å². The summed E-state index contributed by atoms with van der Waals surface area (Å²) in [6, 6.07) is 11.4. The van der Waals surface area contributed by atoms with E-state index >= 15 is 0 Å². The first-order chi connectivity index (χ1) is 9.24. The van der Waals surface area contributed by atoms with E-state index in [9.17, 15) is 5.11 Å². The number of anilines is 1. The molecule has 0 aliphatic heterocycles. The molecule has 0 bridgehead atoms. The van der Waals surface area contributed by atoms with Crippen molar-refractivity contribution in [3.05, 3.63) is 54.4 Å². The molecule has 0 amide bonds. The van der Waals surface area contributed by atoms with Gasteiger partial charge in [0.1, 0.15) is 5.75 Å². The quantitative estimate of drug-likeness (QED) is 0.754. The minimum absolute atomic E-state index is 0.308. The van der Waals surface area contributed by atoms with Gasteiger partial charge in [0.15, 0.2) is 0 Å². The lowest BCUT2D eigenvalue weighted by Gasteiger charge is -2.09. The number of phenols is 1. The number of nitrogens with one attached hydrogen (secondary N) is 1. The van der Waals surface area contributed by atoms with E-state index < -0.39 is 0 Å². The Labute approximate surface area is 111 Å². The standard InChI is InChI=1S/C15H15N3O/c1-18-10-11(9-17-18)8-16-14-6-2-5-13-12(14)4-3-7-15(13)19/h2-7,9-10,16,19H,8H2,1H3. The molecule has 3 rings (SSSR count). The van der Waals surface area contributed by atoms with Gasteiger partial charge < -0.3 is 10.4 Å². The third kappa shape index (κ3) is 2.25. The van der Waals surface area contributed by atoms with Gasteiger partial charge in [-0.1, -0.05) is 24.3 Å². The molecule has 2 N–H and O–H groups in total. The fourth-order valence-electron chi connectivity index (χ4n) is 2.21. The van der Waals surface area contributed by atoms with Crippen LogP contribution in [0.4, 0.5) is 5.69 Å². The van der Waals surface area contributed by atoms with Crippen LogP contribution in [0.15, 0.2) is 48.8 Å². The lowest BCUT2D eigenvalue weighted by atomic mass is 10.1. The predicted molar refractivity (Wildman–Crippen MR) is 76.1 cm³/mol. The van der Waals surface area contributed by atoms with Crippen molar-refractivity contribution < 1.29 is 5.11 Å². The Hall–Kier alpha value is -2.49. The van der Waals surface area contributed by atoms with Gasteiger partial charge in [-0.2, -0.15) is 5.10 Å². The Morgan fingerprint density at radius 1 is 1.16 bits per heavy atom. The highest BCUT2D eigenvalue weighted by atomic mass is 16.3. The van der Waals surface area contributed by atoms with Crippen LogP contribution in [-0.2, 0) is 13.6 Å². The Kier molecular flexibility index (Phi) is 2.83. The molecule has 0 unspecified atom stereocenters. The summed E-state index contributed by atoms with van der Waals surface area (Å²) in [4.78, 5) is 0. The molecule has 19 heavy (non-hydrogen) atoms. The molecule has 2 aromatic carbocycles. The number of nitrogens with zero attached hydrogens (tertiary/aromatic N) is 2. The number of rotatable bonds is 3. The molecule has 0 saturated heterocycles. The van der Waals surface area contributed by atoms with Crippen molar-refractivity contribution in [2.45, 2.75) is 6.54 Å². The topological polar surface area (TPSA) is 50.1 Å². The summed E-state index contributed by atoms with van der Waals surface area (Å²) >= 11 is 0. The molecule has 1 aromatic heterocycles. The van der Waals surface area contributed by atoms with Crippen LogP contribution in [0.25, 0.3) is 10.8 Å². The Balaban J connectivity index is 1.91. The van der Waals surface area contributed by atoms with E-state index in [1.54, 1.807) is 10.7 Å². The van der Waals surface area contributed by atoms with Gasteiger partial charge in [-0.3, -0.25) is 4.68 Å². The summed E-state index contributed by atoms with van der Waals surface area (Å²) in [5, 5.41) is 19.2. The number of aromatic hydroxyl groups is 1. The normalized spacial score (nSPS) is 10.8. The van der Waals surface area contributed by atoms with Crippen LogP contribution in [0.1, 0.15) is 5.56 Å². The van der Waals surface area contributed by atoms with Gasteiger partial charge in [-0.15, -0.1) is 0 Å². The zero-order chi connectivity index (χ0) is 13.2. The first-order valence-corrected chi connectivity index (χ1v) is 6.16. The third-order valence-electron chi connectivity index (χ3n) is 3.14. The minimum Gasteiger partial charge on any atom is -0.507 e. The number of aryl methyl sites for hydroxylation is 1. The molecular weight excluding hydrogens is 238 g/mol.